The first-order valence-electron chi connectivity index (χ1n) is 5.32. The van der Waals surface area contributed by atoms with E-state index < -0.39 is 11.9 Å². The van der Waals surface area contributed by atoms with Gasteiger partial charge in [-0.1, -0.05) is 12.1 Å². The second-order valence-electron chi connectivity index (χ2n) is 3.84. The summed E-state index contributed by atoms with van der Waals surface area (Å²) in [4.78, 5) is 24.2. The number of hydrogen-bond acceptors (Lipinski definition) is 3. The molecule has 5 heteroatoms. The largest absolute Gasteiger partial charge is 0.495 e. The standard InChI is InChI=1S/C12H13NO4/c1-17-10-5-3-2-4-9(10)13-7-6-8(11(13)14)12(15)16/h2-5,8H,6-7H2,1H3,(H,15,16)/t8-/m1/s1. The zero-order valence-electron chi connectivity index (χ0n) is 9.42. The summed E-state index contributed by atoms with van der Waals surface area (Å²) in [7, 11) is 1.52. The van der Waals surface area contributed by atoms with Gasteiger partial charge in [-0.3, -0.25) is 9.59 Å². The van der Waals surface area contributed by atoms with Crippen molar-refractivity contribution in [3.05, 3.63) is 24.3 Å². The predicted molar refractivity (Wildman–Crippen MR) is 61.1 cm³/mol. The van der Waals surface area contributed by atoms with Gasteiger partial charge in [-0.15, -0.1) is 0 Å². The lowest BCUT2D eigenvalue weighted by Gasteiger charge is -2.18. The van der Waals surface area contributed by atoms with E-state index in [0.717, 1.165) is 0 Å². The van der Waals surface area contributed by atoms with E-state index in [4.69, 9.17) is 9.84 Å². The van der Waals surface area contributed by atoms with Crippen molar-refractivity contribution in [2.45, 2.75) is 6.42 Å². The molecule has 1 saturated heterocycles. The summed E-state index contributed by atoms with van der Waals surface area (Å²) in [6.07, 6.45) is 0.339. The number of nitrogens with zero attached hydrogens (tertiary/aromatic N) is 1. The van der Waals surface area contributed by atoms with Gasteiger partial charge in [-0.2, -0.15) is 0 Å². The van der Waals surface area contributed by atoms with Gasteiger partial charge >= 0.3 is 5.97 Å². The topological polar surface area (TPSA) is 66.8 Å². The van der Waals surface area contributed by atoms with Crippen LogP contribution in [0.4, 0.5) is 5.69 Å². The van der Waals surface area contributed by atoms with Gasteiger partial charge in [0.1, 0.15) is 11.7 Å². The summed E-state index contributed by atoms with van der Waals surface area (Å²) in [6.45, 7) is 0.413. The Morgan fingerprint density at radius 1 is 1.47 bits per heavy atom. The molecule has 1 aromatic carbocycles. The molecule has 90 valence electrons. The van der Waals surface area contributed by atoms with Crippen LogP contribution in [0.15, 0.2) is 24.3 Å². The number of amides is 1. The van der Waals surface area contributed by atoms with E-state index in [9.17, 15) is 9.59 Å². The Hall–Kier alpha value is -2.04. The minimum absolute atomic E-state index is 0.339. The first-order valence-corrected chi connectivity index (χ1v) is 5.32. The van der Waals surface area contributed by atoms with Gasteiger partial charge in [-0.25, -0.2) is 0 Å². The van der Waals surface area contributed by atoms with Crippen LogP contribution in [0.25, 0.3) is 0 Å². The molecule has 1 amide bonds. The van der Waals surface area contributed by atoms with Gasteiger partial charge in [0, 0.05) is 6.54 Å². The Bertz CT molecular complexity index is 458. The molecule has 0 unspecified atom stereocenters. The van der Waals surface area contributed by atoms with E-state index >= 15 is 0 Å². The molecular formula is C12H13NO4. The molecule has 1 aliphatic heterocycles. The van der Waals surface area contributed by atoms with Crippen LogP contribution in [0.5, 0.6) is 5.75 Å². The minimum Gasteiger partial charge on any atom is -0.495 e. The Labute approximate surface area is 98.6 Å². The highest BCUT2D eigenvalue weighted by Crippen LogP contribution is 2.32. The van der Waals surface area contributed by atoms with Gasteiger partial charge in [-0.05, 0) is 18.6 Å². The number of hydrogen-bond donors (Lipinski definition) is 1. The summed E-state index contributed by atoms with van der Waals surface area (Å²) < 4.78 is 5.16. The van der Waals surface area contributed by atoms with Crippen LogP contribution in [0, 0.1) is 5.92 Å². The molecule has 1 N–H and O–H groups in total. The number of carboxylic acid groups (broad SMARTS) is 1. The van der Waals surface area contributed by atoms with Crippen LogP contribution in [0.1, 0.15) is 6.42 Å². The fraction of sp³-hybridized carbons (Fsp3) is 0.333. The Kier molecular flexibility index (Phi) is 2.99. The quantitative estimate of drug-likeness (QED) is 0.797. The maximum absolute atomic E-state index is 11.9. The van der Waals surface area contributed by atoms with Crippen LogP contribution >= 0.6 is 0 Å². The summed E-state index contributed by atoms with van der Waals surface area (Å²) >= 11 is 0. The third-order valence-corrected chi connectivity index (χ3v) is 2.88. The molecule has 0 radical (unpaired) electrons. The smallest absolute Gasteiger partial charge is 0.316 e. The molecule has 17 heavy (non-hydrogen) atoms. The molecule has 5 nitrogen and oxygen atoms in total. The number of aliphatic carboxylic acids is 1. The molecule has 1 aliphatic rings. The SMILES string of the molecule is COc1ccccc1N1CC[C@@H](C(=O)O)C1=O. The zero-order chi connectivity index (χ0) is 12.4. The fourth-order valence-electron chi connectivity index (χ4n) is 2.00. The summed E-state index contributed by atoms with van der Waals surface area (Å²) in [5.41, 5.74) is 0.628. The van der Waals surface area contributed by atoms with Gasteiger partial charge in [0.25, 0.3) is 0 Å². The van der Waals surface area contributed by atoms with E-state index in [1.54, 1.807) is 24.3 Å². The highest BCUT2D eigenvalue weighted by molar-refractivity contribution is 6.08. The van der Waals surface area contributed by atoms with Crippen molar-refractivity contribution >= 4 is 17.6 Å². The van der Waals surface area contributed by atoms with E-state index in [1.807, 2.05) is 0 Å². The number of anilines is 1. The van der Waals surface area contributed by atoms with Gasteiger partial charge in [0.2, 0.25) is 5.91 Å². The number of carboxylic acids is 1. The second kappa shape index (κ2) is 4.45. The van der Waals surface area contributed by atoms with Crippen molar-refractivity contribution in [2.75, 3.05) is 18.6 Å². The molecule has 0 aliphatic carbocycles. The van der Waals surface area contributed by atoms with E-state index in [-0.39, 0.29) is 5.91 Å². The highest BCUT2D eigenvalue weighted by Gasteiger charge is 2.38. The first kappa shape index (κ1) is 11.4. The van der Waals surface area contributed by atoms with Gasteiger partial charge < -0.3 is 14.7 Å². The number of carbonyl (C=O) groups excluding carboxylic acids is 1. The first-order chi connectivity index (χ1) is 8.15. The number of methoxy groups -OCH3 is 1. The van der Waals surface area contributed by atoms with Crippen LogP contribution in [-0.4, -0.2) is 30.6 Å². The molecule has 0 aromatic heterocycles. The predicted octanol–water partition coefficient (Wildman–Crippen LogP) is 1.13. The highest BCUT2D eigenvalue weighted by atomic mass is 16.5. The molecule has 1 atom stereocenters. The second-order valence-corrected chi connectivity index (χ2v) is 3.84. The number of carbonyl (C=O) groups is 2. The van der Waals surface area contributed by atoms with E-state index in [2.05, 4.69) is 0 Å². The molecule has 1 aromatic rings. The van der Waals surface area contributed by atoms with E-state index in [0.29, 0.717) is 24.4 Å². The zero-order valence-corrected chi connectivity index (χ0v) is 9.42. The van der Waals surface area contributed by atoms with Crippen molar-refractivity contribution in [1.82, 2.24) is 0 Å². The maximum atomic E-state index is 11.9. The van der Waals surface area contributed by atoms with Crippen molar-refractivity contribution < 1.29 is 19.4 Å². The monoisotopic (exact) mass is 235 g/mol. The van der Waals surface area contributed by atoms with Crippen LogP contribution in [0.3, 0.4) is 0 Å². The third kappa shape index (κ3) is 1.95. The van der Waals surface area contributed by atoms with Crippen LogP contribution in [-0.2, 0) is 9.59 Å². The lowest BCUT2D eigenvalue weighted by molar-refractivity contribution is -0.144. The minimum atomic E-state index is -1.06. The average molecular weight is 235 g/mol. The summed E-state index contributed by atoms with van der Waals surface area (Å²) in [5.74, 6) is -1.79. The van der Waals surface area contributed by atoms with Crippen LogP contribution in [0.2, 0.25) is 0 Å². The summed E-state index contributed by atoms with van der Waals surface area (Å²) in [5, 5.41) is 8.90. The number of ether oxygens (including phenoxy) is 1. The molecule has 0 spiro atoms. The normalized spacial score (nSPS) is 19.5. The van der Waals surface area contributed by atoms with E-state index in [1.165, 1.54) is 12.0 Å². The van der Waals surface area contributed by atoms with Crippen molar-refractivity contribution in [3.63, 3.8) is 0 Å². The van der Waals surface area contributed by atoms with Crippen LogP contribution < -0.4 is 9.64 Å². The van der Waals surface area contributed by atoms with Gasteiger partial charge in [0.15, 0.2) is 0 Å². The Morgan fingerprint density at radius 3 is 2.76 bits per heavy atom. The molecule has 0 saturated carbocycles. The van der Waals surface area contributed by atoms with Gasteiger partial charge in [0.05, 0.1) is 12.8 Å². The lowest BCUT2D eigenvalue weighted by atomic mass is 10.1. The Morgan fingerprint density at radius 2 is 2.18 bits per heavy atom. The number of benzene rings is 1. The number of para-hydroxylation sites is 2. The molecule has 0 bridgehead atoms. The lowest BCUT2D eigenvalue weighted by Crippen LogP contribution is -2.30. The molecule has 2 rings (SSSR count). The van der Waals surface area contributed by atoms with Crippen molar-refractivity contribution in [2.24, 2.45) is 5.92 Å². The maximum Gasteiger partial charge on any atom is 0.316 e. The summed E-state index contributed by atoms with van der Waals surface area (Å²) in [6, 6.07) is 7.09. The Balaban J connectivity index is 2.30. The molecular weight excluding hydrogens is 222 g/mol. The van der Waals surface area contributed by atoms with Crippen molar-refractivity contribution in [3.8, 4) is 5.75 Å². The molecule has 1 heterocycles. The molecule has 1 fully saturated rings. The average Bonchev–Trinajstić information content (AvgIpc) is 2.71. The number of rotatable bonds is 3. The van der Waals surface area contributed by atoms with Crippen molar-refractivity contribution in [1.29, 1.82) is 0 Å². The fourth-order valence-corrected chi connectivity index (χ4v) is 2.00. The third-order valence-electron chi connectivity index (χ3n) is 2.88.